The first-order chi connectivity index (χ1) is 12.1. The van der Waals surface area contributed by atoms with Crippen molar-refractivity contribution in [3.63, 3.8) is 0 Å². The highest BCUT2D eigenvalue weighted by Crippen LogP contribution is 2.37. The zero-order valence-corrected chi connectivity index (χ0v) is 18.7. The SMILES string of the molecule is CCC(=O)N1CCc2cc(Br)c(S(=O)(=O)N(CC(C)C)CC(C)C)cc21. The third-order valence-corrected chi connectivity index (χ3v) is 7.18. The Kier molecular flexibility index (Phi) is 6.91. The summed E-state index contributed by atoms with van der Waals surface area (Å²) in [7, 11) is -3.65. The molecular formula is C19H29BrN2O3S. The van der Waals surface area contributed by atoms with Crippen molar-refractivity contribution in [3.8, 4) is 0 Å². The molecule has 2 rings (SSSR count). The van der Waals surface area contributed by atoms with Gasteiger partial charge in [-0.05, 0) is 51.9 Å². The minimum Gasteiger partial charge on any atom is -0.312 e. The van der Waals surface area contributed by atoms with E-state index in [1.54, 1.807) is 15.3 Å². The van der Waals surface area contributed by atoms with E-state index in [0.717, 1.165) is 17.7 Å². The summed E-state index contributed by atoms with van der Waals surface area (Å²) in [6.07, 6.45) is 1.16. The molecule has 1 aromatic rings. The Hall–Kier alpha value is -0.920. The van der Waals surface area contributed by atoms with Crippen LogP contribution in [0.4, 0.5) is 5.69 Å². The number of fused-ring (bicyclic) bond motifs is 1. The lowest BCUT2D eigenvalue weighted by Gasteiger charge is -2.27. The lowest BCUT2D eigenvalue weighted by molar-refractivity contribution is -0.118. The number of amides is 1. The molecule has 7 heteroatoms. The average Bonchev–Trinajstić information content (AvgIpc) is 2.94. The Bertz CT molecular complexity index is 765. The predicted octanol–water partition coefficient (Wildman–Crippen LogP) is 4.05. The molecule has 0 unspecified atom stereocenters. The number of hydrogen-bond acceptors (Lipinski definition) is 3. The summed E-state index contributed by atoms with van der Waals surface area (Å²) < 4.78 is 28.9. The van der Waals surface area contributed by atoms with Gasteiger partial charge < -0.3 is 4.90 Å². The molecule has 0 bridgehead atoms. The molecule has 1 heterocycles. The van der Waals surface area contributed by atoms with Gasteiger partial charge in [0.15, 0.2) is 0 Å². The molecule has 146 valence electrons. The van der Waals surface area contributed by atoms with Gasteiger partial charge in [-0.15, -0.1) is 0 Å². The van der Waals surface area contributed by atoms with Crippen molar-refractivity contribution >= 4 is 37.5 Å². The maximum Gasteiger partial charge on any atom is 0.244 e. The van der Waals surface area contributed by atoms with E-state index < -0.39 is 10.0 Å². The first-order valence-corrected chi connectivity index (χ1v) is 11.4. The highest BCUT2D eigenvalue weighted by Gasteiger charge is 2.32. The molecule has 0 radical (unpaired) electrons. The van der Waals surface area contributed by atoms with E-state index in [2.05, 4.69) is 15.9 Å². The number of benzene rings is 1. The van der Waals surface area contributed by atoms with E-state index in [1.165, 1.54) is 0 Å². The summed E-state index contributed by atoms with van der Waals surface area (Å²) >= 11 is 3.45. The largest absolute Gasteiger partial charge is 0.312 e. The van der Waals surface area contributed by atoms with Crippen LogP contribution in [0.5, 0.6) is 0 Å². The molecule has 0 spiro atoms. The van der Waals surface area contributed by atoms with Gasteiger partial charge in [0.1, 0.15) is 0 Å². The monoisotopic (exact) mass is 444 g/mol. The normalized spacial score (nSPS) is 14.6. The van der Waals surface area contributed by atoms with Crippen LogP contribution in [0.15, 0.2) is 21.5 Å². The summed E-state index contributed by atoms with van der Waals surface area (Å²) in [6, 6.07) is 3.52. The van der Waals surface area contributed by atoms with Gasteiger partial charge >= 0.3 is 0 Å². The van der Waals surface area contributed by atoms with Crippen LogP contribution in [0.3, 0.4) is 0 Å². The van der Waals surface area contributed by atoms with Crippen LogP contribution in [0, 0.1) is 11.8 Å². The topological polar surface area (TPSA) is 57.7 Å². The molecule has 0 atom stereocenters. The maximum absolute atomic E-state index is 13.4. The molecule has 1 aromatic carbocycles. The van der Waals surface area contributed by atoms with Crippen LogP contribution in [0.2, 0.25) is 0 Å². The van der Waals surface area contributed by atoms with Crippen molar-refractivity contribution in [1.82, 2.24) is 4.31 Å². The van der Waals surface area contributed by atoms with Crippen LogP contribution in [0.25, 0.3) is 0 Å². The van der Waals surface area contributed by atoms with Crippen molar-refractivity contribution in [3.05, 3.63) is 22.2 Å². The van der Waals surface area contributed by atoms with Gasteiger partial charge in [-0.1, -0.05) is 34.6 Å². The van der Waals surface area contributed by atoms with E-state index in [9.17, 15) is 13.2 Å². The third-order valence-electron chi connectivity index (χ3n) is 4.39. The molecule has 0 aromatic heterocycles. The number of carbonyl (C=O) groups is 1. The van der Waals surface area contributed by atoms with E-state index in [1.807, 2.05) is 40.7 Å². The second-order valence-corrected chi connectivity index (χ2v) is 10.4. The van der Waals surface area contributed by atoms with E-state index in [-0.39, 0.29) is 22.6 Å². The molecule has 0 saturated carbocycles. The summed E-state index contributed by atoms with van der Waals surface area (Å²) in [5.41, 5.74) is 1.74. The molecule has 5 nitrogen and oxygen atoms in total. The van der Waals surface area contributed by atoms with Crippen LogP contribution < -0.4 is 4.90 Å². The highest BCUT2D eigenvalue weighted by molar-refractivity contribution is 9.10. The van der Waals surface area contributed by atoms with Crippen molar-refractivity contribution in [2.75, 3.05) is 24.5 Å². The van der Waals surface area contributed by atoms with Gasteiger partial charge in [0.2, 0.25) is 15.9 Å². The molecule has 0 fully saturated rings. The smallest absolute Gasteiger partial charge is 0.244 e. The second kappa shape index (κ2) is 8.40. The molecule has 0 aliphatic carbocycles. The number of nitrogens with zero attached hydrogens (tertiary/aromatic N) is 2. The first-order valence-electron chi connectivity index (χ1n) is 9.20. The number of halogens is 1. The number of rotatable bonds is 7. The number of anilines is 1. The van der Waals surface area contributed by atoms with Gasteiger partial charge in [0.25, 0.3) is 0 Å². The van der Waals surface area contributed by atoms with Crippen molar-refractivity contribution in [2.45, 2.75) is 52.4 Å². The summed E-state index contributed by atoms with van der Waals surface area (Å²) in [5, 5.41) is 0. The van der Waals surface area contributed by atoms with Gasteiger partial charge in [-0.25, -0.2) is 8.42 Å². The molecule has 0 saturated heterocycles. The molecular weight excluding hydrogens is 416 g/mol. The van der Waals surface area contributed by atoms with Crippen molar-refractivity contribution in [1.29, 1.82) is 0 Å². The maximum atomic E-state index is 13.4. The van der Waals surface area contributed by atoms with E-state index in [4.69, 9.17) is 0 Å². The highest BCUT2D eigenvalue weighted by atomic mass is 79.9. The Morgan fingerprint density at radius 3 is 2.27 bits per heavy atom. The van der Waals surface area contributed by atoms with Gasteiger partial charge in [0.05, 0.1) is 4.90 Å². The Morgan fingerprint density at radius 2 is 1.77 bits per heavy atom. The van der Waals surface area contributed by atoms with Gasteiger partial charge in [-0.3, -0.25) is 4.79 Å². The zero-order chi connectivity index (χ0) is 19.6. The molecule has 0 N–H and O–H groups in total. The third kappa shape index (κ3) is 4.49. The number of hydrogen-bond donors (Lipinski definition) is 0. The fraction of sp³-hybridized carbons (Fsp3) is 0.632. The van der Waals surface area contributed by atoms with E-state index in [0.29, 0.717) is 30.5 Å². The standard InChI is InChI=1S/C19H29BrN2O3S/c1-6-19(23)22-8-7-15-9-16(20)18(10-17(15)22)26(24,25)21(11-13(2)3)12-14(4)5/h9-10,13-14H,6-8,11-12H2,1-5H3. The lowest BCUT2D eigenvalue weighted by Crippen LogP contribution is -2.37. The Labute approximate surface area is 165 Å². The van der Waals surface area contributed by atoms with E-state index >= 15 is 0 Å². The van der Waals surface area contributed by atoms with Crippen LogP contribution in [0.1, 0.15) is 46.6 Å². The number of carbonyl (C=O) groups excluding carboxylic acids is 1. The van der Waals surface area contributed by atoms with Gasteiger partial charge in [0, 0.05) is 36.2 Å². The van der Waals surface area contributed by atoms with Crippen molar-refractivity contribution < 1.29 is 13.2 Å². The molecule has 1 aliphatic heterocycles. The minimum atomic E-state index is -3.65. The average molecular weight is 445 g/mol. The fourth-order valence-corrected chi connectivity index (χ4v) is 6.10. The predicted molar refractivity (Wildman–Crippen MR) is 109 cm³/mol. The summed E-state index contributed by atoms with van der Waals surface area (Å²) in [6.45, 7) is 11.4. The van der Waals surface area contributed by atoms with Gasteiger partial charge in [-0.2, -0.15) is 4.31 Å². The van der Waals surface area contributed by atoms with Crippen molar-refractivity contribution in [2.24, 2.45) is 11.8 Å². The molecule has 1 amide bonds. The minimum absolute atomic E-state index is 0.0237. The van der Waals surface area contributed by atoms with Crippen LogP contribution >= 0.6 is 15.9 Å². The zero-order valence-electron chi connectivity index (χ0n) is 16.3. The summed E-state index contributed by atoms with van der Waals surface area (Å²) in [4.78, 5) is 14.2. The Balaban J connectivity index is 2.50. The quantitative estimate of drug-likeness (QED) is 0.636. The Morgan fingerprint density at radius 1 is 1.19 bits per heavy atom. The summed E-state index contributed by atoms with van der Waals surface area (Å²) in [5.74, 6) is 0.487. The molecule has 26 heavy (non-hydrogen) atoms. The lowest BCUT2D eigenvalue weighted by atomic mass is 10.2. The van der Waals surface area contributed by atoms with Crippen LogP contribution in [-0.2, 0) is 21.2 Å². The second-order valence-electron chi connectivity index (χ2n) is 7.67. The fourth-order valence-electron chi connectivity index (χ4n) is 3.26. The first kappa shape index (κ1) is 21.4. The van der Waals surface area contributed by atoms with Crippen LogP contribution in [-0.4, -0.2) is 38.3 Å². The molecule has 1 aliphatic rings. The number of sulfonamides is 1.